The molecule has 0 spiro atoms. The Morgan fingerprint density at radius 2 is 1.70 bits per heavy atom. The summed E-state index contributed by atoms with van der Waals surface area (Å²) in [6.07, 6.45) is 7.17. The molecule has 2 N–H and O–H groups in total. The van der Waals surface area contributed by atoms with Gasteiger partial charge >= 0.3 is 0 Å². The first-order valence-corrected chi connectivity index (χ1v) is 8.71. The molecule has 126 valence electrons. The highest BCUT2D eigenvalue weighted by molar-refractivity contribution is 5.91. The van der Waals surface area contributed by atoms with E-state index in [0.717, 1.165) is 11.3 Å². The van der Waals surface area contributed by atoms with E-state index in [-0.39, 0.29) is 17.9 Å². The molecule has 0 heterocycles. The summed E-state index contributed by atoms with van der Waals surface area (Å²) < 4.78 is 0. The number of carbonyl (C=O) groups is 2. The van der Waals surface area contributed by atoms with E-state index in [1.807, 2.05) is 38.1 Å². The average Bonchev–Trinajstić information content (AvgIpc) is 2.49. The standard InChI is InChI=1S/C19H28N2O2/c1-14(2)20-18(22)13-16-8-10-17(11-9-16)21-19(23)12-15-6-4-3-5-7-15/h8-11,14-15H,3-7,12-13H2,1-2H3,(H,20,22)(H,21,23). The van der Waals surface area contributed by atoms with Gasteiger partial charge in [-0.25, -0.2) is 0 Å². The highest BCUT2D eigenvalue weighted by atomic mass is 16.2. The summed E-state index contributed by atoms with van der Waals surface area (Å²) in [5.41, 5.74) is 1.76. The first-order valence-electron chi connectivity index (χ1n) is 8.71. The second-order valence-corrected chi connectivity index (χ2v) is 6.85. The molecule has 4 heteroatoms. The van der Waals surface area contributed by atoms with Crippen molar-refractivity contribution < 1.29 is 9.59 Å². The van der Waals surface area contributed by atoms with Crippen LogP contribution in [0.15, 0.2) is 24.3 Å². The quantitative estimate of drug-likeness (QED) is 0.841. The third-order valence-electron chi connectivity index (χ3n) is 4.25. The number of benzene rings is 1. The number of amides is 2. The van der Waals surface area contributed by atoms with E-state index in [4.69, 9.17) is 0 Å². The van der Waals surface area contributed by atoms with Crippen LogP contribution in [0.2, 0.25) is 0 Å². The zero-order chi connectivity index (χ0) is 16.7. The van der Waals surface area contributed by atoms with E-state index in [2.05, 4.69) is 10.6 Å². The maximum atomic E-state index is 12.1. The number of hydrogen-bond donors (Lipinski definition) is 2. The van der Waals surface area contributed by atoms with Crippen LogP contribution in [-0.4, -0.2) is 17.9 Å². The van der Waals surface area contributed by atoms with E-state index in [9.17, 15) is 9.59 Å². The molecular formula is C19H28N2O2. The molecule has 1 aliphatic rings. The van der Waals surface area contributed by atoms with Gasteiger partial charge in [-0.1, -0.05) is 31.4 Å². The van der Waals surface area contributed by atoms with Crippen molar-refractivity contribution in [2.45, 2.75) is 64.8 Å². The van der Waals surface area contributed by atoms with Crippen LogP contribution >= 0.6 is 0 Å². The first kappa shape index (κ1) is 17.5. The van der Waals surface area contributed by atoms with Crippen LogP contribution in [0.25, 0.3) is 0 Å². The smallest absolute Gasteiger partial charge is 0.224 e. The zero-order valence-corrected chi connectivity index (χ0v) is 14.2. The van der Waals surface area contributed by atoms with Crippen LogP contribution in [0.3, 0.4) is 0 Å². The number of nitrogens with one attached hydrogen (secondary N) is 2. The predicted molar refractivity (Wildman–Crippen MR) is 93.2 cm³/mol. The van der Waals surface area contributed by atoms with Crippen molar-refractivity contribution in [3.63, 3.8) is 0 Å². The van der Waals surface area contributed by atoms with Gasteiger partial charge < -0.3 is 10.6 Å². The summed E-state index contributed by atoms with van der Waals surface area (Å²) in [5.74, 6) is 0.666. The number of rotatable bonds is 6. The van der Waals surface area contributed by atoms with E-state index in [1.165, 1.54) is 32.1 Å². The van der Waals surface area contributed by atoms with Gasteiger partial charge in [0.2, 0.25) is 11.8 Å². The third-order valence-corrected chi connectivity index (χ3v) is 4.25. The van der Waals surface area contributed by atoms with Crippen molar-refractivity contribution in [2.24, 2.45) is 5.92 Å². The molecule has 2 rings (SSSR count). The molecule has 23 heavy (non-hydrogen) atoms. The summed E-state index contributed by atoms with van der Waals surface area (Å²) in [6.45, 7) is 3.89. The Labute approximate surface area is 139 Å². The van der Waals surface area contributed by atoms with Gasteiger partial charge in [-0.3, -0.25) is 9.59 Å². The van der Waals surface area contributed by atoms with Crippen LogP contribution < -0.4 is 10.6 Å². The molecule has 1 aromatic rings. The Hall–Kier alpha value is -1.84. The predicted octanol–water partition coefficient (Wildman–Crippen LogP) is 3.66. The average molecular weight is 316 g/mol. The SMILES string of the molecule is CC(C)NC(=O)Cc1ccc(NC(=O)CC2CCCCC2)cc1. The maximum Gasteiger partial charge on any atom is 0.224 e. The van der Waals surface area contributed by atoms with Gasteiger partial charge in [0.25, 0.3) is 0 Å². The fourth-order valence-corrected chi connectivity index (χ4v) is 3.13. The minimum Gasteiger partial charge on any atom is -0.354 e. The minimum atomic E-state index is 0.0223. The molecule has 0 atom stereocenters. The van der Waals surface area contributed by atoms with Crippen LogP contribution in [0.4, 0.5) is 5.69 Å². The summed E-state index contributed by atoms with van der Waals surface area (Å²) in [4.78, 5) is 23.8. The van der Waals surface area contributed by atoms with Crippen molar-refractivity contribution in [2.75, 3.05) is 5.32 Å². The molecule has 0 saturated heterocycles. The van der Waals surface area contributed by atoms with Gasteiger partial charge in [0.15, 0.2) is 0 Å². The van der Waals surface area contributed by atoms with Crippen LogP contribution in [0, 0.1) is 5.92 Å². The largest absolute Gasteiger partial charge is 0.354 e. The van der Waals surface area contributed by atoms with Gasteiger partial charge in [0, 0.05) is 18.2 Å². The molecule has 1 fully saturated rings. The normalized spacial score (nSPS) is 15.4. The van der Waals surface area contributed by atoms with E-state index < -0.39 is 0 Å². The summed E-state index contributed by atoms with van der Waals surface area (Å²) >= 11 is 0. The minimum absolute atomic E-state index is 0.0223. The highest BCUT2D eigenvalue weighted by Crippen LogP contribution is 2.26. The molecule has 1 saturated carbocycles. The monoisotopic (exact) mass is 316 g/mol. The molecule has 2 amide bonds. The van der Waals surface area contributed by atoms with Crippen molar-refractivity contribution >= 4 is 17.5 Å². The van der Waals surface area contributed by atoms with Crippen molar-refractivity contribution in [1.82, 2.24) is 5.32 Å². The second kappa shape index (κ2) is 8.70. The highest BCUT2D eigenvalue weighted by Gasteiger charge is 2.17. The molecule has 4 nitrogen and oxygen atoms in total. The van der Waals surface area contributed by atoms with Gasteiger partial charge in [0.05, 0.1) is 6.42 Å². The van der Waals surface area contributed by atoms with Crippen molar-refractivity contribution in [3.05, 3.63) is 29.8 Å². The number of carbonyl (C=O) groups excluding carboxylic acids is 2. The lowest BCUT2D eigenvalue weighted by Crippen LogP contribution is -2.31. The lowest BCUT2D eigenvalue weighted by atomic mass is 9.87. The van der Waals surface area contributed by atoms with Gasteiger partial charge in [-0.05, 0) is 50.3 Å². The summed E-state index contributed by atoms with van der Waals surface area (Å²) in [5, 5.41) is 5.84. The Morgan fingerprint density at radius 1 is 1.04 bits per heavy atom. The Bertz CT molecular complexity index is 517. The molecule has 1 aromatic carbocycles. The van der Waals surface area contributed by atoms with Crippen molar-refractivity contribution in [1.29, 1.82) is 0 Å². The molecule has 0 bridgehead atoms. The van der Waals surface area contributed by atoms with Gasteiger partial charge in [-0.2, -0.15) is 0 Å². The van der Waals surface area contributed by atoms with Crippen LogP contribution in [0.5, 0.6) is 0 Å². The Morgan fingerprint density at radius 3 is 2.30 bits per heavy atom. The zero-order valence-electron chi connectivity index (χ0n) is 14.2. The molecular weight excluding hydrogens is 288 g/mol. The van der Waals surface area contributed by atoms with E-state index in [0.29, 0.717) is 18.8 Å². The van der Waals surface area contributed by atoms with E-state index in [1.54, 1.807) is 0 Å². The molecule has 0 aromatic heterocycles. The van der Waals surface area contributed by atoms with Crippen LogP contribution in [-0.2, 0) is 16.0 Å². The second-order valence-electron chi connectivity index (χ2n) is 6.85. The summed E-state index contributed by atoms with van der Waals surface area (Å²) in [6, 6.07) is 7.70. The maximum absolute atomic E-state index is 12.1. The fourth-order valence-electron chi connectivity index (χ4n) is 3.13. The Kier molecular flexibility index (Phi) is 6.63. The number of anilines is 1. The molecule has 0 unspecified atom stereocenters. The first-order chi connectivity index (χ1) is 11.0. The van der Waals surface area contributed by atoms with Gasteiger partial charge in [-0.15, -0.1) is 0 Å². The molecule has 0 radical (unpaired) electrons. The number of hydrogen-bond acceptors (Lipinski definition) is 2. The van der Waals surface area contributed by atoms with Crippen molar-refractivity contribution in [3.8, 4) is 0 Å². The van der Waals surface area contributed by atoms with Gasteiger partial charge in [0.1, 0.15) is 0 Å². The summed E-state index contributed by atoms with van der Waals surface area (Å²) in [7, 11) is 0. The van der Waals surface area contributed by atoms with Crippen LogP contribution in [0.1, 0.15) is 57.9 Å². The molecule has 0 aliphatic heterocycles. The fraction of sp³-hybridized carbons (Fsp3) is 0.579. The lowest BCUT2D eigenvalue weighted by Gasteiger charge is -2.20. The Balaban J connectivity index is 1.79. The topological polar surface area (TPSA) is 58.2 Å². The van der Waals surface area contributed by atoms with E-state index >= 15 is 0 Å². The third kappa shape index (κ3) is 6.43. The molecule has 1 aliphatic carbocycles. The lowest BCUT2D eigenvalue weighted by molar-refractivity contribution is -0.121.